The highest BCUT2D eigenvalue weighted by Gasteiger charge is 2.25. The Bertz CT molecular complexity index is 379. The second-order valence-corrected chi connectivity index (χ2v) is 6.44. The maximum atomic E-state index is 4.41. The van der Waals surface area contributed by atoms with Gasteiger partial charge in [-0.3, -0.25) is 4.98 Å². The fourth-order valence-corrected chi connectivity index (χ4v) is 3.37. The molecule has 3 nitrogen and oxygen atoms in total. The summed E-state index contributed by atoms with van der Waals surface area (Å²) in [4.78, 5) is 6.91. The van der Waals surface area contributed by atoms with E-state index in [1.807, 2.05) is 12.3 Å². The van der Waals surface area contributed by atoms with Crippen molar-refractivity contribution in [2.24, 2.45) is 5.92 Å². The number of nitrogens with zero attached hydrogens (tertiary/aromatic N) is 2. The van der Waals surface area contributed by atoms with Gasteiger partial charge in [0, 0.05) is 37.4 Å². The van der Waals surface area contributed by atoms with Crippen molar-refractivity contribution in [2.45, 2.75) is 51.5 Å². The van der Waals surface area contributed by atoms with Gasteiger partial charge in [-0.2, -0.15) is 0 Å². The van der Waals surface area contributed by atoms with Crippen molar-refractivity contribution in [3.63, 3.8) is 0 Å². The molecule has 2 atom stereocenters. The Balaban J connectivity index is 1.75. The van der Waals surface area contributed by atoms with Crippen LogP contribution < -0.4 is 5.32 Å². The average Bonchev–Trinajstić information content (AvgIpc) is 2.53. The van der Waals surface area contributed by atoms with Crippen LogP contribution in [0, 0.1) is 5.92 Å². The van der Waals surface area contributed by atoms with Crippen molar-refractivity contribution >= 4 is 0 Å². The van der Waals surface area contributed by atoms with Gasteiger partial charge >= 0.3 is 0 Å². The van der Waals surface area contributed by atoms with Crippen LogP contribution in [0.3, 0.4) is 0 Å². The normalized spacial score (nSPS) is 22.6. The lowest BCUT2D eigenvalue weighted by atomic mass is 9.84. The molecule has 1 N–H and O–H groups in total. The fraction of sp³-hybridized carbons (Fsp3) is 0.722. The third-order valence-electron chi connectivity index (χ3n) is 4.59. The molecule has 1 aromatic heterocycles. The van der Waals surface area contributed by atoms with Crippen LogP contribution in [0.15, 0.2) is 24.4 Å². The molecule has 1 fully saturated rings. The Hall–Kier alpha value is -0.930. The highest BCUT2D eigenvalue weighted by molar-refractivity contribution is 5.03. The van der Waals surface area contributed by atoms with Crippen LogP contribution in [0.25, 0.3) is 0 Å². The minimum Gasteiger partial charge on any atom is -0.314 e. The van der Waals surface area contributed by atoms with Gasteiger partial charge in [-0.15, -0.1) is 0 Å². The molecule has 0 amide bonds. The predicted octanol–water partition coefficient (Wildman–Crippen LogP) is 3.11. The van der Waals surface area contributed by atoms with Gasteiger partial charge in [0.15, 0.2) is 0 Å². The van der Waals surface area contributed by atoms with Crippen molar-refractivity contribution in [1.29, 1.82) is 0 Å². The van der Waals surface area contributed by atoms with Gasteiger partial charge < -0.3 is 10.2 Å². The molecule has 3 heteroatoms. The van der Waals surface area contributed by atoms with Crippen molar-refractivity contribution in [3.8, 4) is 0 Å². The highest BCUT2D eigenvalue weighted by atomic mass is 15.1. The third-order valence-corrected chi connectivity index (χ3v) is 4.59. The van der Waals surface area contributed by atoms with Gasteiger partial charge in [-0.1, -0.05) is 25.8 Å². The van der Waals surface area contributed by atoms with Gasteiger partial charge in [-0.05, 0) is 50.9 Å². The molecule has 1 heterocycles. The van der Waals surface area contributed by atoms with Crippen LogP contribution >= 0.6 is 0 Å². The van der Waals surface area contributed by atoms with Gasteiger partial charge in [0.2, 0.25) is 0 Å². The zero-order valence-electron chi connectivity index (χ0n) is 13.7. The van der Waals surface area contributed by atoms with Gasteiger partial charge in [0.1, 0.15) is 0 Å². The lowest BCUT2D eigenvalue weighted by Crippen LogP contribution is -2.44. The first kappa shape index (κ1) is 16.4. The quantitative estimate of drug-likeness (QED) is 0.797. The summed E-state index contributed by atoms with van der Waals surface area (Å²) < 4.78 is 0. The average molecular weight is 289 g/mol. The zero-order valence-corrected chi connectivity index (χ0v) is 13.7. The van der Waals surface area contributed by atoms with E-state index in [0.717, 1.165) is 24.9 Å². The molecule has 21 heavy (non-hydrogen) atoms. The van der Waals surface area contributed by atoms with Crippen LogP contribution in [0.2, 0.25) is 0 Å². The van der Waals surface area contributed by atoms with E-state index in [1.54, 1.807) is 0 Å². The monoisotopic (exact) mass is 289 g/mol. The number of aromatic nitrogens is 1. The van der Waals surface area contributed by atoms with E-state index >= 15 is 0 Å². The topological polar surface area (TPSA) is 28.2 Å². The minimum atomic E-state index is 0.732. The van der Waals surface area contributed by atoms with E-state index in [0.29, 0.717) is 0 Å². The first-order valence-electron chi connectivity index (χ1n) is 8.61. The Morgan fingerprint density at radius 3 is 2.90 bits per heavy atom. The molecule has 1 aliphatic rings. The first-order valence-corrected chi connectivity index (χ1v) is 8.61. The van der Waals surface area contributed by atoms with Gasteiger partial charge in [0.25, 0.3) is 0 Å². The second-order valence-electron chi connectivity index (χ2n) is 6.44. The number of hydrogen-bond acceptors (Lipinski definition) is 3. The van der Waals surface area contributed by atoms with E-state index in [4.69, 9.17) is 0 Å². The molecule has 2 unspecified atom stereocenters. The fourth-order valence-electron chi connectivity index (χ4n) is 3.37. The van der Waals surface area contributed by atoms with Gasteiger partial charge in [0.05, 0.1) is 0 Å². The molecule has 2 rings (SSSR count). The number of likely N-dealkylation sites (N-methyl/N-ethyl adjacent to an activating group) is 1. The first-order chi connectivity index (χ1) is 10.3. The molecular formula is C18H31N3. The molecule has 1 aliphatic carbocycles. The maximum Gasteiger partial charge on any atom is 0.0416 e. The maximum absolute atomic E-state index is 4.41. The molecule has 0 aromatic carbocycles. The molecular weight excluding hydrogens is 258 g/mol. The van der Waals surface area contributed by atoms with Crippen LogP contribution in [-0.4, -0.2) is 42.6 Å². The number of rotatable bonds is 8. The lowest BCUT2D eigenvalue weighted by molar-refractivity contribution is 0.190. The van der Waals surface area contributed by atoms with Crippen molar-refractivity contribution in [2.75, 3.05) is 26.7 Å². The van der Waals surface area contributed by atoms with Crippen LogP contribution in [-0.2, 0) is 6.42 Å². The summed E-state index contributed by atoms with van der Waals surface area (Å²) in [5, 5.41) is 3.76. The molecule has 1 aromatic rings. The summed E-state index contributed by atoms with van der Waals surface area (Å²) in [6.07, 6.45) is 9.73. The largest absolute Gasteiger partial charge is 0.314 e. The standard InChI is InChI=1S/C18H31N3/c1-3-12-20-18-10-5-4-8-16(18)15-21(2)14-11-17-9-6-7-13-19-17/h6-7,9,13,16,18,20H,3-5,8,10-12,14-15H2,1-2H3. The Labute approximate surface area is 130 Å². The van der Waals surface area contributed by atoms with E-state index in [-0.39, 0.29) is 0 Å². The summed E-state index contributed by atoms with van der Waals surface area (Å²) in [5.41, 5.74) is 1.20. The summed E-state index contributed by atoms with van der Waals surface area (Å²) in [7, 11) is 2.26. The van der Waals surface area contributed by atoms with Crippen molar-refractivity contribution in [3.05, 3.63) is 30.1 Å². The second kappa shape index (κ2) is 9.16. The van der Waals surface area contributed by atoms with E-state index < -0.39 is 0 Å². The number of nitrogens with one attached hydrogen (secondary N) is 1. The highest BCUT2D eigenvalue weighted by Crippen LogP contribution is 2.25. The smallest absolute Gasteiger partial charge is 0.0416 e. The zero-order chi connectivity index (χ0) is 14.9. The van der Waals surface area contributed by atoms with Crippen LogP contribution in [0.1, 0.15) is 44.7 Å². The predicted molar refractivity (Wildman–Crippen MR) is 89.5 cm³/mol. The van der Waals surface area contributed by atoms with Crippen molar-refractivity contribution in [1.82, 2.24) is 15.2 Å². The van der Waals surface area contributed by atoms with Crippen LogP contribution in [0.4, 0.5) is 0 Å². The Kier molecular flexibility index (Phi) is 7.17. The molecule has 118 valence electrons. The van der Waals surface area contributed by atoms with E-state index in [9.17, 15) is 0 Å². The molecule has 0 spiro atoms. The minimum absolute atomic E-state index is 0.732. The summed E-state index contributed by atoms with van der Waals surface area (Å²) in [5.74, 6) is 0.819. The summed E-state index contributed by atoms with van der Waals surface area (Å²) in [6.45, 7) is 5.74. The molecule has 0 radical (unpaired) electrons. The van der Waals surface area contributed by atoms with Crippen LogP contribution in [0.5, 0.6) is 0 Å². The van der Waals surface area contributed by atoms with Gasteiger partial charge in [-0.25, -0.2) is 0 Å². The molecule has 0 aliphatic heterocycles. The summed E-state index contributed by atoms with van der Waals surface area (Å²) in [6, 6.07) is 6.92. The third kappa shape index (κ3) is 5.76. The number of pyridine rings is 1. The Morgan fingerprint density at radius 1 is 1.29 bits per heavy atom. The van der Waals surface area contributed by atoms with E-state index in [2.05, 4.69) is 41.3 Å². The van der Waals surface area contributed by atoms with Crippen molar-refractivity contribution < 1.29 is 0 Å². The Morgan fingerprint density at radius 2 is 2.14 bits per heavy atom. The molecule has 1 saturated carbocycles. The van der Waals surface area contributed by atoms with E-state index in [1.165, 1.54) is 50.9 Å². The summed E-state index contributed by atoms with van der Waals surface area (Å²) >= 11 is 0. The number of hydrogen-bond donors (Lipinski definition) is 1. The molecule has 0 saturated heterocycles. The SMILES string of the molecule is CCCNC1CCCCC1CN(C)CCc1ccccn1. The molecule has 0 bridgehead atoms. The lowest BCUT2D eigenvalue weighted by Gasteiger charge is -2.35.